The van der Waals surface area contributed by atoms with E-state index in [0.29, 0.717) is 11.6 Å². The largest absolute Gasteiger partial charge is 0.382 e. The van der Waals surface area contributed by atoms with Crippen molar-refractivity contribution in [2.24, 2.45) is 11.7 Å². The van der Waals surface area contributed by atoms with E-state index < -0.39 is 0 Å². The van der Waals surface area contributed by atoms with Crippen LogP contribution in [0.1, 0.15) is 18.2 Å². The Morgan fingerprint density at radius 1 is 1.25 bits per heavy atom. The molecule has 4 heteroatoms. The number of hydrogen-bond acceptors (Lipinski definition) is 3. The number of aromatic nitrogens is 1. The molecular formula is C16H18N4. The lowest BCUT2D eigenvalue weighted by atomic mass is 9.94. The summed E-state index contributed by atoms with van der Waals surface area (Å²) in [6.07, 6.45) is 1.10. The molecule has 0 bridgehead atoms. The van der Waals surface area contributed by atoms with Gasteiger partial charge in [-0.2, -0.15) is 0 Å². The van der Waals surface area contributed by atoms with Crippen LogP contribution in [0.15, 0.2) is 42.5 Å². The average molecular weight is 266 g/mol. The van der Waals surface area contributed by atoms with Crippen molar-refractivity contribution in [3.05, 3.63) is 53.7 Å². The van der Waals surface area contributed by atoms with Crippen LogP contribution in [-0.4, -0.2) is 17.4 Å². The van der Waals surface area contributed by atoms with Gasteiger partial charge >= 0.3 is 0 Å². The molecule has 102 valence electrons. The van der Waals surface area contributed by atoms with E-state index in [1.54, 1.807) is 6.07 Å². The van der Waals surface area contributed by atoms with Crippen molar-refractivity contribution >= 4 is 17.3 Å². The molecule has 1 aliphatic heterocycles. The van der Waals surface area contributed by atoms with Crippen molar-refractivity contribution in [3.63, 3.8) is 0 Å². The SMILES string of the molecule is CC1Cc2ccccc2N(c2cccc(C(=N)N)n2)C1. The fourth-order valence-electron chi connectivity index (χ4n) is 2.74. The van der Waals surface area contributed by atoms with Gasteiger partial charge in [0.1, 0.15) is 17.3 Å². The highest BCUT2D eigenvalue weighted by Gasteiger charge is 2.23. The highest BCUT2D eigenvalue weighted by Crippen LogP contribution is 2.34. The second kappa shape index (κ2) is 4.96. The minimum atomic E-state index is 0.00481. The normalized spacial score (nSPS) is 17.6. The number of benzene rings is 1. The topological polar surface area (TPSA) is 66.0 Å². The van der Waals surface area contributed by atoms with Crippen LogP contribution in [0.25, 0.3) is 0 Å². The molecule has 1 aromatic heterocycles. The van der Waals surface area contributed by atoms with Gasteiger partial charge < -0.3 is 10.6 Å². The minimum Gasteiger partial charge on any atom is -0.382 e. The molecule has 0 spiro atoms. The number of rotatable bonds is 2. The number of nitrogens with zero attached hydrogens (tertiary/aromatic N) is 2. The Morgan fingerprint density at radius 3 is 2.85 bits per heavy atom. The Bertz CT molecular complexity index is 650. The zero-order valence-corrected chi connectivity index (χ0v) is 11.5. The van der Waals surface area contributed by atoms with E-state index in [1.165, 1.54) is 11.3 Å². The maximum Gasteiger partial charge on any atom is 0.141 e. The van der Waals surface area contributed by atoms with E-state index in [-0.39, 0.29) is 5.84 Å². The molecule has 1 unspecified atom stereocenters. The zero-order valence-electron chi connectivity index (χ0n) is 11.5. The van der Waals surface area contributed by atoms with Crippen LogP contribution in [-0.2, 0) is 6.42 Å². The summed E-state index contributed by atoms with van der Waals surface area (Å²) in [5.41, 5.74) is 8.62. The van der Waals surface area contributed by atoms with Crippen molar-refractivity contribution in [1.82, 2.24) is 4.98 Å². The van der Waals surface area contributed by atoms with Crippen molar-refractivity contribution in [3.8, 4) is 0 Å². The number of nitrogen functional groups attached to an aromatic ring is 1. The second-order valence-electron chi connectivity index (χ2n) is 5.34. The van der Waals surface area contributed by atoms with Crippen LogP contribution in [0, 0.1) is 11.3 Å². The molecule has 1 aromatic carbocycles. The van der Waals surface area contributed by atoms with E-state index in [1.807, 2.05) is 12.1 Å². The van der Waals surface area contributed by atoms with Crippen LogP contribution >= 0.6 is 0 Å². The molecule has 0 amide bonds. The lowest BCUT2D eigenvalue weighted by molar-refractivity contribution is 0.560. The molecule has 0 saturated heterocycles. The van der Waals surface area contributed by atoms with E-state index >= 15 is 0 Å². The molecule has 20 heavy (non-hydrogen) atoms. The third-order valence-corrected chi connectivity index (χ3v) is 3.63. The lowest BCUT2D eigenvalue weighted by Crippen LogP contribution is -2.31. The first-order valence-corrected chi connectivity index (χ1v) is 6.82. The van der Waals surface area contributed by atoms with Gasteiger partial charge in [-0.3, -0.25) is 5.41 Å². The summed E-state index contributed by atoms with van der Waals surface area (Å²) < 4.78 is 0. The molecule has 1 aliphatic rings. The maximum atomic E-state index is 7.53. The molecule has 0 radical (unpaired) electrons. The van der Waals surface area contributed by atoms with Gasteiger partial charge in [-0.05, 0) is 36.1 Å². The molecule has 2 aromatic rings. The molecule has 0 aliphatic carbocycles. The summed E-state index contributed by atoms with van der Waals surface area (Å²) in [4.78, 5) is 6.72. The molecule has 0 saturated carbocycles. The molecule has 4 nitrogen and oxygen atoms in total. The minimum absolute atomic E-state index is 0.00481. The highest BCUT2D eigenvalue weighted by atomic mass is 15.2. The third kappa shape index (κ3) is 2.25. The Balaban J connectivity index is 2.06. The Hall–Kier alpha value is -2.36. The molecule has 0 fully saturated rings. The van der Waals surface area contributed by atoms with E-state index in [0.717, 1.165) is 18.8 Å². The van der Waals surface area contributed by atoms with Crippen LogP contribution in [0.5, 0.6) is 0 Å². The first-order chi connectivity index (χ1) is 9.65. The molecule has 3 rings (SSSR count). The fraction of sp³-hybridized carbons (Fsp3) is 0.250. The van der Waals surface area contributed by atoms with Gasteiger partial charge in [0, 0.05) is 12.2 Å². The van der Waals surface area contributed by atoms with Gasteiger partial charge in [0.2, 0.25) is 0 Å². The van der Waals surface area contributed by atoms with Gasteiger partial charge in [0.15, 0.2) is 0 Å². The van der Waals surface area contributed by atoms with Crippen molar-refractivity contribution in [2.45, 2.75) is 13.3 Å². The van der Waals surface area contributed by atoms with E-state index in [9.17, 15) is 0 Å². The smallest absolute Gasteiger partial charge is 0.141 e. The lowest BCUT2D eigenvalue weighted by Gasteiger charge is -2.34. The first kappa shape index (κ1) is 12.7. The molecule has 3 N–H and O–H groups in total. The number of nitrogens with one attached hydrogen (secondary N) is 1. The summed E-state index contributed by atoms with van der Waals surface area (Å²) >= 11 is 0. The van der Waals surface area contributed by atoms with Gasteiger partial charge in [0.25, 0.3) is 0 Å². The monoisotopic (exact) mass is 266 g/mol. The highest BCUT2D eigenvalue weighted by molar-refractivity contribution is 5.93. The Kier molecular flexibility index (Phi) is 3.14. The van der Waals surface area contributed by atoms with Crippen LogP contribution in [0.3, 0.4) is 0 Å². The number of nitrogens with two attached hydrogens (primary N) is 1. The number of anilines is 2. The third-order valence-electron chi connectivity index (χ3n) is 3.63. The van der Waals surface area contributed by atoms with E-state index in [2.05, 4.69) is 41.1 Å². The zero-order chi connectivity index (χ0) is 14.1. The quantitative estimate of drug-likeness (QED) is 0.648. The molecule has 1 atom stereocenters. The van der Waals surface area contributed by atoms with Crippen LogP contribution in [0.2, 0.25) is 0 Å². The van der Waals surface area contributed by atoms with Crippen molar-refractivity contribution < 1.29 is 0 Å². The number of pyridine rings is 1. The van der Waals surface area contributed by atoms with Crippen molar-refractivity contribution in [1.29, 1.82) is 5.41 Å². The summed E-state index contributed by atoms with van der Waals surface area (Å²) in [5, 5.41) is 7.53. The van der Waals surface area contributed by atoms with Crippen LogP contribution in [0.4, 0.5) is 11.5 Å². The van der Waals surface area contributed by atoms with Crippen molar-refractivity contribution in [2.75, 3.05) is 11.4 Å². The molecule has 2 heterocycles. The summed E-state index contributed by atoms with van der Waals surface area (Å²) in [6.45, 7) is 3.18. The first-order valence-electron chi connectivity index (χ1n) is 6.82. The predicted octanol–water partition coefficient (Wildman–Crippen LogP) is 2.70. The Labute approximate surface area is 118 Å². The molecular weight excluding hydrogens is 248 g/mol. The summed E-state index contributed by atoms with van der Waals surface area (Å²) in [5.74, 6) is 1.44. The number of para-hydroxylation sites is 1. The fourth-order valence-corrected chi connectivity index (χ4v) is 2.74. The number of hydrogen-bond donors (Lipinski definition) is 2. The number of fused-ring (bicyclic) bond motifs is 1. The number of amidine groups is 1. The van der Waals surface area contributed by atoms with Gasteiger partial charge in [0.05, 0.1) is 0 Å². The summed E-state index contributed by atoms with van der Waals surface area (Å²) in [7, 11) is 0. The maximum absolute atomic E-state index is 7.53. The average Bonchev–Trinajstić information content (AvgIpc) is 2.46. The second-order valence-corrected chi connectivity index (χ2v) is 5.34. The van der Waals surface area contributed by atoms with Gasteiger partial charge in [-0.25, -0.2) is 4.98 Å². The summed E-state index contributed by atoms with van der Waals surface area (Å²) in [6, 6.07) is 14.1. The standard InChI is InChI=1S/C16H18N4/c1-11-9-12-5-2-3-7-14(12)20(10-11)15-8-4-6-13(19-15)16(17)18/h2-8,11H,9-10H2,1H3,(H3,17,18). The van der Waals surface area contributed by atoms with Gasteiger partial charge in [-0.15, -0.1) is 0 Å². The predicted molar refractivity (Wildman–Crippen MR) is 81.6 cm³/mol. The van der Waals surface area contributed by atoms with Crippen LogP contribution < -0.4 is 10.6 Å². The van der Waals surface area contributed by atoms with E-state index in [4.69, 9.17) is 11.1 Å². The Morgan fingerprint density at radius 2 is 2.05 bits per heavy atom. The van der Waals surface area contributed by atoms with Gasteiger partial charge in [-0.1, -0.05) is 31.2 Å².